The SMILES string of the molecule is CCn1cc(-c2cc(C(F)(F)F)nc3sc(C(N)=O)c(NC(=O)c4ccc(COc5ccccc5OC)o4)c23)c(C)n1. The number of carbonyl (C=O) groups excluding carboxylic acids is 2. The second-order valence-electron chi connectivity index (χ2n) is 9.05. The van der Waals surface area contributed by atoms with E-state index in [0.29, 0.717) is 46.4 Å². The summed E-state index contributed by atoms with van der Waals surface area (Å²) in [6, 6.07) is 10.8. The zero-order valence-corrected chi connectivity index (χ0v) is 23.4. The maximum Gasteiger partial charge on any atom is 0.433 e. The molecule has 0 aliphatic rings. The number of nitrogens with one attached hydrogen (secondary N) is 1. The van der Waals surface area contributed by atoms with Gasteiger partial charge in [-0.25, -0.2) is 4.98 Å². The number of ether oxygens (including phenoxy) is 2. The molecule has 4 heterocycles. The number of primary amides is 1. The number of hydrogen-bond acceptors (Lipinski definition) is 8. The first-order valence-electron chi connectivity index (χ1n) is 12.5. The van der Waals surface area contributed by atoms with Crippen LogP contribution in [0.2, 0.25) is 0 Å². The van der Waals surface area contributed by atoms with E-state index in [1.807, 2.05) is 6.92 Å². The predicted molar refractivity (Wildman–Crippen MR) is 149 cm³/mol. The van der Waals surface area contributed by atoms with E-state index in [2.05, 4.69) is 15.4 Å². The lowest BCUT2D eigenvalue weighted by Crippen LogP contribution is -2.16. The van der Waals surface area contributed by atoms with Gasteiger partial charge in [-0.2, -0.15) is 18.3 Å². The number of methoxy groups -OCH3 is 1. The molecule has 218 valence electrons. The number of anilines is 1. The number of halogens is 3. The van der Waals surface area contributed by atoms with Gasteiger partial charge in [0, 0.05) is 23.7 Å². The van der Waals surface area contributed by atoms with Crippen LogP contribution in [-0.4, -0.2) is 33.7 Å². The highest BCUT2D eigenvalue weighted by molar-refractivity contribution is 7.21. The molecule has 0 aliphatic carbocycles. The number of rotatable bonds is 9. The largest absolute Gasteiger partial charge is 0.493 e. The highest BCUT2D eigenvalue weighted by Gasteiger charge is 2.35. The van der Waals surface area contributed by atoms with Crippen LogP contribution in [0, 0.1) is 6.92 Å². The first-order valence-corrected chi connectivity index (χ1v) is 13.4. The van der Waals surface area contributed by atoms with Crippen molar-refractivity contribution in [3.05, 3.63) is 76.4 Å². The van der Waals surface area contributed by atoms with Crippen molar-refractivity contribution < 1.29 is 36.7 Å². The van der Waals surface area contributed by atoms with Gasteiger partial charge in [0.1, 0.15) is 27.8 Å². The van der Waals surface area contributed by atoms with Crippen LogP contribution in [0.5, 0.6) is 11.5 Å². The van der Waals surface area contributed by atoms with Gasteiger partial charge in [0.2, 0.25) is 0 Å². The first-order chi connectivity index (χ1) is 20.0. The number of alkyl halides is 3. The standard InChI is InChI=1S/C28H24F3N5O5S/c1-4-36-12-17(14(2)35-36)16-11-21(28(29,30)31)33-27-22(16)23(24(42-27)25(32)37)34-26(38)20-10-9-15(41-20)13-40-19-8-6-5-7-18(19)39-3/h5-12H,4,13H2,1-3H3,(H2,32,37)(H,34,38). The third-order valence-corrected chi connectivity index (χ3v) is 7.40. The average molecular weight is 600 g/mol. The molecule has 0 saturated heterocycles. The Labute approximate surface area is 240 Å². The minimum atomic E-state index is -4.77. The summed E-state index contributed by atoms with van der Waals surface area (Å²) in [4.78, 5) is 29.1. The second-order valence-corrected chi connectivity index (χ2v) is 10.0. The van der Waals surface area contributed by atoms with E-state index in [-0.39, 0.29) is 38.7 Å². The van der Waals surface area contributed by atoms with Gasteiger partial charge in [0.05, 0.1) is 18.5 Å². The van der Waals surface area contributed by atoms with Crippen LogP contribution in [0.25, 0.3) is 21.3 Å². The molecule has 3 N–H and O–H groups in total. The molecule has 14 heteroatoms. The van der Waals surface area contributed by atoms with E-state index in [0.717, 1.165) is 6.07 Å². The molecule has 0 saturated carbocycles. The van der Waals surface area contributed by atoms with Crippen molar-refractivity contribution in [2.24, 2.45) is 5.73 Å². The van der Waals surface area contributed by atoms with Crippen molar-refractivity contribution in [3.8, 4) is 22.6 Å². The van der Waals surface area contributed by atoms with Gasteiger partial charge < -0.3 is 24.9 Å². The monoisotopic (exact) mass is 599 g/mol. The minimum Gasteiger partial charge on any atom is -0.493 e. The number of benzene rings is 1. The molecule has 5 aromatic rings. The van der Waals surface area contributed by atoms with Crippen molar-refractivity contribution >= 4 is 39.1 Å². The van der Waals surface area contributed by atoms with Gasteiger partial charge in [-0.15, -0.1) is 11.3 Å². The number of aromatic nitrogens is 3. The van der Waals surface area contributed by atoms with E-state index < -0.39 is 23.7 Å². The predicted octanol–water partition coefficient (Wildman–Crippen LogP) is 6.04. The smallest absolute Gasteiger partial charge is 0.433 e. The number of amides is 2. The molecule has 0 fully saturated rings. The summed E-state index contributed by atoms with van der Waals surface area (Å²) in [6.45, 7) is 3.94. The number of furan rings is 1. The van der Waals surface area contributed by atoms with Gasteiger partial charge in [-0.1, -0.05) is 12.1 Å². The number of hydrogen-bond donors (Lipinski definition) is 2. The lowest BCUT2D eigenvalue weighted by Gasteiger charge is -2.11. The Bertz CT molecular complexity index is 1810. The normalized spacial score (nSPS) is 11.6. The van der Waals surface area contributed by atoms with E-state index in [1.54, 1.807) is 42.1 Å². The van der Waals surface area contributed by atoms with E-state index in [9.17, 15) is 22.8 Å². The maximum absolute atomic E-state index is 13.8. The Morgan fingerprint density at radius 3 is 2.52 bits per heavy atom. The molecule has 4 aromatic heterocycles. The van der Waals surface area contributed by atoms with Crippen molar-refractivity contribution in [2.45, 2.75) is 33.2 Å². The van der Waals surface area contributed by atoms with Crippen LogP contribution in [0.15, 0.2) is 53.1 Å². The number of para-hydroxylation sites is 2. The molecule has 0 unspecified atom stereocenters. The quantitative estimate of drug-likeness (QED) is 0.211. The molecule has 0 spiro atoms. The Balaban J connectivity index is 1.53. The van der Waals surface area contributed by atoms with E-state index in [4.69, 9.17) is 19.6 Å². The van der Waals surface area contributed by atoms with Crippen molar-refractivity contribution in [1.82, 2.24) is 14.8 Å². The van der Waals surface area contributed by atoms with Gasteiger partial charge in [0.25, 0.3) is 11.8 Å². The molecule has 0 radical (unpaired) electrons. The van der Waals surface area contributed by atoms with Crippen LogP contribution < -0.4 is 20.5 Å². The fourth-order valence-electron chi connectivity index (χ4n) is 4.33. The number of nitrogens with zero attached hydrogens (tertiary/aromatic N) is 3. The number of pyridine rings is 1. The zero-order chi connectivity index (χ0) is 30.2. The lowest BCUT2D eigenvalue weighted by molar-refractivity contribution is -0.140. The molecule has 0 aliphatic heterocycles. The Hall–Kier alpha value is -4.85. The van der Waals surface area contributed by atoms with Crippen molar-refractivity contribution in [1.29, 1.82) is 0 Å². The minimum absolute atomic E-state index is 0.0173. The highest BCUT2D eigenvalue weighted by atomic mass is 32.1. The summed E-state index contributed by atoms with van der Waals surface area (Å²) in [5, 5.41) is 7.08. The fraction of sp³-hybridized carbons (Fsp3) is 0.214. The average Bonchev–Trinajstić information content (AvgIpc) is 3.68. The van der Waals surface area contributed by atoms with Gasteiger partial charge in [-0.3, -0.25) is 14.3 Å². The van der Waals surface area contributed by atoms with Crippen LogP contribution in [0.4, 0.5) is 18.9 Å². The van der Waals surface area contributed by atoms with Crippen LogP contribution in [0.3, 0.4) is 0 Å². The molecule has 0 bridgehead atoms. The molecular weight excluding hydrogens is 575 g/mol. The summed E-state index contributed by atoms with van der Waals surface area (Å²) >= 11 is 0.651. The molecule has 5 rings (SSSR count). The van der Waals surface area contributed by atoms with Crippen LogP contribution >= 0.6 is 11.3 Å². The number of fused-ring (bicyclic) bond motifs is 1. The maximum atomic E-state index is 13.8. The summed E-state index contributed by atoms with van der Waals surface area (Å²) < 4.78 is 59.7. The van der Waals surface area contributed by atoms with Gasteiger partial charge in [0.15, 0.2) is 17.3 Å². The van der Waals surface area contributed by atoms with Crippen LogP contribution in [0.1, 0.15) is 44.3 Å². The lowest BCUT2D eigenvalue weighted by atomic mass is 10.0. The van der Waals surface area contributed by atoms with Crippen molar-refractivity contribution in [2.75, 3.05) is 12.4 Å². The summed E-state index contributed by atoms with van der Waals surface area (Å²) in [7, 11) is 1.51. The summed E-state index contributed by atoms with van der Waals surface area (Å²) in [6.07, 6.45) is -3.17. The summed E-state index contributed by atoms with van der Waals surface area (Å²) in [5.41, 5.74) is 5.28. The molecule has 1 aromatic carbocycles. The molecule has 42 heavy (non-hydrogen) atoms. The van der Waals surface area contributed by atoms with Crippen LogP contribution in [-0.2, 0) is 19.3 Å². The van der Waals surface area contributed by atoms with Gasteiger partial charge in [-0.05, 0) is 49.7 Å². The molecule has 2 amide bonds. The van der Waals surface area contributed by atoms with Crippen molar-refractivity contribution in [3.63, 3.8) is 0 Å². The zero-order valence-electron chi connectivity index (χ0n) is 22.5. The summed E-state index contributed by atoms with van der Waals surface area (Å²) in [5.74, 6) is -0.524. The highest BCUT2D eigenvalue weighted by Crippen LogP contribution is 2.44. The number of aryl methyl sites for hydroxylation is 2. The third kappa shape index (κ3) is 5.52. The Kier molecular flexibility index (Phi) is 7.65. The first kappa shape index (κ1) is 28.7. The Morgan fingerprint density at radius 1 is 1.14 bits per heavy atom. The number of nitrogens with two attached hydrogens (primary N) is 1. The Morgan fingerprint density at radius 2 is 1.88 bits per heavy atom. The number of carbonyl (C=O) groups is 2. The topological polar surface area (TPSA) is 134 Å². The second kappa shape index (κ2) is 11.2. The number of thiophene rings is 1. The van der Waals surface area contributed by atoms with E-state index >= 15 is 0 Å². The molecular formula is C28H24F3N5O5S. The van der Waals surface area contributed by atoms with E-state index in [1.165, 1.54) is 19.2 Å². The fourth-order valence-corrected chi connectivity index (χ4v) is 5.34. The third-order valence-electron chi connectivity index (χ3n) is 6.30. The molecule has 10 nitrogen and oxygen atoms in total. The van der Waals surface area contributed by atoms with Gasteiger partial charge >= 0.3 is 6.18 Å². The molecule has 0 atom stereocenters.